The molecule has 2 saturated heterocycles. The average Bonchev–Trinajstić information content (AvgIpc) is 3.23. The molecule has 1 aliphatic carbocycles. The first-order valence-electron chi connectivity index (χ1n) is 9.28. The van der Waals surface area contributed by atoms with Crippen molar-refractivity contribution in [1.82, 2.24) is 4.90 Å². The Morgan fingerprint density at radius 2 is 1.62 bits per heavy atom. The van der Waals surface area contributed by atoms with E-state index in [0.717, 1.165) is 56.5 Å². The number of nitrogens with zero attached hydrogens (tertiary/aromatic N) is 3. The number of benzene rings is 1. The summed E-state index contributed by atoms with van der Waals surface area (Å²) in [5.41, 5.74) is 1.86. The highest BCUT2D eigenvalue weighted by molar-refractivity contribution is 5.79. The number of likely N-dealkylation sites (tertiary alicyclic amines) is 1. The lowest BCUT2D eigenvalue weighted by Crippen LogP contribution is -2.42. The SMILES string of the molecule is N#Cc1ccc(N2CCC(C(=O)N3CC4CCCC4C3)CC2)cc1. The van der Waals surface area contributed by atoms with E-state index in [9.17, 15) is 4.79 Å². The number of piperidine rings is 1. The highest BCUT2D eigenvalue weighted by atomic mass is 16.2. The molecule has 0 aromatic heterocycles. The van der Waals surface area contributed by atoms with Gasteiger partial charge in [-0.1, -0.05) is 6.42 Å². The van der Waals surface area contributed by atoms with Gasteiger partial charge in [0.25, 0.3) is 0 Å². The zero-order chi connectivity index (χ0) is 16.5. The quantitative estimate of drug-likeness (QED) is 0.840. The van der Waals surface area contributed by atoms with Crippen molar-refractivity contribution < 1.29 is 4.79 Å². The van der Waals surface area contributed by atoms with E-state index in [1.54, 1.807) is 0 Å². The minimum absolute atomic E-state index is 0.207. The van der Waals surface area contributed by atoms with Gasteiger partial charge < -0.3 is 9.80 Å². The number of carbonyl (C=O) groups excluding carboxylic acids is 1. The van der Waals surface area contributed by atoms with E-state index in [1.165, 1.54) is 19.3 Å². The molecule has 0 N–H and O–H groups in total. The molecule has 1 aromatic carbocycles. The van der Waals surface area contributed by atoms with Crippen LogP contribution >= 0.6 is 0 Å². The van der Waals surface area contributed by atoms with Crippen LogP contribution < -0.4 is 4.90 Å². The molecule has 126 valence electrons. The van der Waals surface area contributed by atoms with Crippen molar-refractivity contribution >= 4 is 11.6 Å². The molecule has 1 amide bonds. The lowest BCUT2D eigenvalue weighted by molar-refractivity contribution is -0.135. The fourth-order valence-corrected chi connectivity index (χ4v) is 4.80. The summed E-state index contributed by atoms with van der Waals surface area (Å²) in [5, 5.41) is 8.89. The molecule has 1 saturated carbocycles. The first-order valence-corrected chi connectivity index (χ1v) is 9.28. The number of hydrogen-bond donors (Lipinski definition) is 0. The van der Waals surface area contributed by atoms with Gasteiger partial charge in [-0.15, -0.1) is 0 Å². The Morgan fingerprint density at radius 1 is 1.00 bits per heavy atom. The van der Waals surface area contributed by atoms with E-state index in [1.807, 2.05) is 24.3 Å². The van der Waals surface area contributed by atoms with Gasteiger partial charge >= 0.3 is 0 Å². The molecule has 4 heteroatoms. The predicted molar refractivity (Wildman–Crippen MR) is 93.5 cm³/mol. The van der Waals surface area contributed by atoms with Crippen LogP contribution in [-0.2, 0) is 4.79 Å². The number of carbonyl (C=O) groups is 1. The molecule has 0 radical (unpaired) electrons. The number of nitriles is 1. The molecule has 3 aliphatic rings. The van der Waals surface area contributed by atoms with Crippen molar-refractivity contribution in [3.05, 3.63) is 29.8 Å². The van der Waals surface area contributed by atoms with Crippen molar-refractivity contribution in [2.24, 2.45) is 17.8 Å². The highest BCUT2D eigenvalue weighted by Crippen LogP contribution is 2.38. The second kappa shape index (κ2) is 6.47. The van der Waals surface area contributed by atoms with Crippen LogP contribution in [0.3, 0.4) is 0 Å². The third-order valence-corrected chi connectivity index (χ3v) is 6.24. The van der Waals surface area contributed by atoms with Crippen LogP contribution in [0.2, 0.25) is 0 Å². The molecule has 0 bridgehead atoms. The summed E-state index contributed by atoms with van der Waals surface area (Å²) in [7, 11) is 0. The standard InChI is InChI=1S/C20H25N3O/c21-12-15-4-6-19(7-5-15)22-10-8-16(9-11-22)20(24)23-13-17-2-1-3-18(17)14-23/h4-7,16-18H,1-3,8-11,13-14H2. The van der Waals surface area contributed by atoms with Gasteiger partial charge in [-0.2, -0.15) is 5.26 Å². The first kappa shape index (κ1) is 15.5. The molecule has 2 atom stereocenters. The maximum Gasteiger partial charge on any atom is 0.225 e. The monoisotopic (exact) mass is 323 g/mol. The van der Waals surface area contributed by atoms with E-state index in [2.05, 4.69) is 15.9 Å². The molecule has 2 unspecified atom stereocenters. The fraction of sp³-hybridized carbons (Fsp3) is 0.600. The summed E-state index contributed by atoms with van der Waals surface area (Å²) >= 11 is 0. The highest BCUT2D eigenvalue weighted by Gasteiger charge is 2.40. The summed E-state index contributed by atoms with van der Waals surface area (Å²) in [5.74, 6) is 2.18. The largest absolute Gasteiger partial charge is 0.371 e. The first-order chi connectivity index (χ1) is 11.7. The van der Waals surface area contributed by atoms with Crippen LogP contribution in [0.25, 0.3) is 0 Å². The van der Waals surface area contributed by atoms with Crippen LogP contribution in [0.15, 0.2) is 24.3 Å². The van der Waals surface area contributed by atoms with Crippen LogP contribution in [-0.4, -0.2) is 37.0 Å². The molecule has 4 rings (SSSR count). The van der Waals surface area contributed by atoms with Crippen LogP contribution in [0.1, 0.15) is 37.7 Å². The van der Waals surface area contributed by atoms with E-state index in [4.69, 9.17) is 5.26 Å². The second-order valence-corrected chi connectivity index (χ2v) is 7.61. The predicted octanol–water partition coefficient (Wildman–Crippen LogP) is 3.03. The van der Waals surface area contributed by atoms with Crippen molar-refractivity contribution in [2.45, 2.75) is 32.1 Å². The van der Waals surface area contributed by atoms with Gasteiger partial charge in [0, 0.05) is 37.8 Å². The average molecular weight is 323 g/mol. The van der Waals surface area contributed by atoms with Gasteiger partial charge in [0.15, 0.2) is 0 Å². The second-order valence-electron chi connectivity index (χ2n) is 7.61. The summed E-state index contributed by atoms with van der Waals surface area (Å²) in [6.45, 7) is 3.89. The Hall–Kier alpha value is -2.02. The minimum atomic E-state index is 0.207. The van der Waals surface area contributed by atoms with Crippen molar-refractivity contribution in [2.75, 3.05) is 31.1 Å². The summed E-state index contributed by atoms with van der Waals surface area (Å²) < 4.78 is 0. The van der Waals surface area contributed by atoms with Crippen LogP contribution in [0.5, 0.6) is 0 Å². The van der Waals surface area contributed by atoms with E-state index in [-0.39, 0.29) is 5.92 Å². The van der Waals surface area contributed by atoms with Gasteiger partial charge in [0.05, 0.1) is 11.6 Å². The zero-order valence-electron chi connectivity index (χ0n) is 14.2. The molecular weight excluding hydrogens is 298 g/mol. The molecule has 3 fully saturated rings. The van der Waals surface area contributed by atoms with Gasteiger partial charge in [0.2, 0.25) is 5.91 Å². The van der Waals surface area contributed by atoms with E-state index >= 15 is 0 Å². The summed E-state index contributed by atoms with van der Waals surface area (Å²) in [4.78, 5) is 17.3. The molecule has 0 spiro atoms. The van der Waals surface area contributed by atoms with Crippen LogP contribution in [0, 0.1) is 29.1 Å². The number of anilines is 1. The smallest absolute Gasteiger partial charge is 0.225 e. The number of rotatable bonds is 2. The maximum absolute atomic E-state index is 12.8. The van der Waals surface area contributed by atoms with Gasteiger partial charge in [-0.05, 0) is 61.8 Å². The van der Waals surface area contributed by atoms with Gasteiger partial charge in [-0.25, -0.2) is 0 Å². The zero-order valence-corrected chi connectivity index (χ0v) is 14.2. The van der Waals surface area contributed by atoms with Gasteiger partial charge in [-0.3, -0.25) is 4.79 Å². The van der Waals surface area contributed by atoms with Crippen molar-refractivity contribution in [3.63, 3.8) is 0 Å². The third kappa shape index (κ3) is 2.88. The lowest BCUT2D eigenvalue weighted by Gasteiger charge is -2.34. The normalized spacial score (nSPS) is 27.1. The Kier molecular flexibility index (Phi) is 4.18. The molecular formula is C20H25N3O. The maximum atomic E-state index is 12.8. The number of amides is 1. The molecule has 1 aromatic rings. The summed E-state index contributed by atoms with van der Waals surface area (Å²) in [6, 6.07) is 9.93. The lowest BCUT2D eigenvalue weighted by atomic mass is 9.94. The van der Waals surface area contributed by atoms with Crippen molar-refractivity contribution in [1.29, 1.82) is 5.26 Å². The molecule has 2 heterocycles. The Labute approximate surface area is 144 Å². The fourth-order valence-electron chi connectivity index (χ4n) is 4.80. The van der Waals surface area contributed by atoms with E-state index in [0.29, 0.717) is 11.5 Å². The molecule has 2 aliphatic heterocycles. The summed E-state index contributed by atoms with van der Waals surface area (Å²) in [6.07, 6.45) is 5.91. The minimum Gasteiger partial charge on any atom is -0.371 e. The third-order valence-electron chi connectivity index (χ3n) is 6.24. The van der Waals surface area contributed by atoms with E-state index < -0.39 is 0 Å². The van der Waals surface area contributed by atoms with Crippen LogP contribution in [0.4, 0.5) is 5.69 Å². The molecule has 4 nitrogen and oxygen atoms in total. The Balaban J connectivity index is 1.32. The number of fused-ring (bicyclic) bond motifs is 1. The van der Waals surface area contributed by atoms with Crippen molar-refractivity contribution in [3.8, 4) is 6.07 Å². The van der Waals surface area contributed by atoms with Gasteiger partial charge in [0.1, 0.15) is 0 Å². The topological polar surface area (TPSA) is 47.3 Å². The Bertz CT molecular complexity index is 628. The molecule has 24 heavy (non-hydrogen) atoms. The Morgan fingerprint density at radius 3 is 2.21 bits per heavy atom. The number of hydrogen-bond acceptors (Lipinski definition) is 3.